The molecule has 0 heterocycles. The molecule has 0 aromatic rings. The third kappa shape index (κ3) is 9.33. The van der Waals surface area contributed by atoms with Gasteiger partial charge >= 0.3 is 0 Å². The van der Waals surface area contributed by atoms with E-state index in [-0.39, 0.29) is 12.5 Å². The average molecular weight is 268 g/mol. The summed E-state index contributed by atoms with van der Waals surface area (Å²) in [4.78, 5) is 15.4. The van der Waals surface area contributed by atoms with Gasteiger partial charge in [-0.2, -0.15) is 0 Å². The van der Waals surface area contributed by atoms with Crippen LogP contribution in [0.25, 0.3) is 0 Å². The van der Waals surface area contributed by atoms with Gasteiger partial charge in [0.25, 0.3) is 0 Å². The number of unbranched alkanes of at least 4 members (excludes halogenated alkanes) is 5. The molecule has 0 spiro atoms. The summed E-state index contributed by atoms with van der Waals surface area (Å²) in [5.41, 5.74) is 5.69. The lowest BCUT2D eigenvalue weighted by Gasteiger charge is -2.05. The Morgan fingerprint density at radius 1 is 1.21 bits per heavy atom. The van der Waals surface area contributed by atoms with E-state index in [2.05, 4.69) is 22.5 Å². The standard InChI is InChI=1S/C14H28N4O/c1-2-3-4-5-6-7-10-16-14(15)17-11-13(19)18-12-8-9-12/h12H,2-11H2,1H3,(H,18,19)(H3,15,16,17). The lowest BCUT2D eigenvalue weighted by molar-refractivity contribution is -0.119. The zero-order valence-corrected chi connectivity index (χ0v) is 12.1. The number of rotatable bonds is 10. The topological polar surface area (TPSA) is 79.5 Å². The van der Waals surface area contributed by atoms with Crippen molar-refractivity contribution in [1.29, 1.82) is 0 Å². The fourth-order valence-corrected chi connectivity index (χ4v) is 1.84. The van der Waals surface area contributed by atoms with Crippen molar-refractivity contribution in [3.63, 3.8) is 0 Å². The van der Waals surface area contributed by atoms with Crippen LogP contribution in [-0.2, 0) is 4.79 Å². The molecule has 0 aromatic heterocycles. The summed E-state index contributed by atoms with van der Waals surface area (Å²) in [6, 6.07) is 0.389. The Kier molecular flexibility index (Phi) is 8.02. The molecule has 0 radical (unpaired) electrons. The Bertz CT molecular complexity index is 287. The summed E-state index contributed by atoms with van der Waals surface area (Å²) in [7, 11) is 0. The second-order valence-corrected chi connectivity index (χ2v) is 5.24. The molecular weight excluding hydrogens is 240 g/mol. The number of aliphatic imine (C=N–C) groups is 1. The smallest absolute Gasteiger partial charge is 0.242 e. The van der Waals surface area contributed by atoms with Crippen molar-refractivity contribution in [2.45, 2.75) is 64.3 Å². The van der Waals surface area contributed by atoms with Crippen LogP contribution >= 0.6 is 0 Å². The van der Waals surface area contributed by atoms with Crippen molar-refractivity contribution in [3.8, 4) is 0 Å². The Morgan fingerprint density at radius 2 is 1.89 bits per heavy atom. The molecular formula is C14H28N4O. The molecule has 5 nitrogen and oxygen atoms in total. The molecule has 0 atom stereocenters. The van der Waals surface area contributed by atoms with Crippen LogP contribution in [0.2, 0.25) is 0 Å². The van der Waals surface area contributed by atoms with Gasteiger partial charge in [0, 0.05) is 12.6 Å². The van der Waals surface area contributed by atoms with Crippen LogP contribution in [0.15, 0.2) is 4.99 Å². The lowest BCUT2D eigenvalue weighted by atomic mass is 10.1. The van der Waals surface area contributed by atoms with E-state index in [0.717, 1.165) is 25.8 Å². The summed E-state index contributed by atoms with van der Waals surface area (Å²) in [6.45, 7) is 3.19. The number of carbonyl (C=O) groups excluding carboxylic acids is 1. The minimum atomic E-state index is -0.0354. The van der Waals surface area contributed by atoms with Crippen molar-refractivity contribution in [2.75, 3.05) is 13.1 Å². The van der Waals surface area contributed by atoms with Crippen LogP contribution in [0, 0.1) is 0 Å². The minimum absolute atomic E-state index is 0.0354. The average Bonchev–Trinajstić information content (AvgIpc) is 3.19. The zero-order chi connectivity index (χ0) is 13.9. The van der Waals surface area contributed by atoms with E-state index in [0.29, 0.717) is 12.0 Å². The zero-order valence-electron chi connectivity index (χ0n) is 12.1. The van der Waals surface area contributed by atoms with Gasteiger partial charge in [-0.05, 0) is 19.3 Å². The third-order valence-electron chi connectivity index (χ3n) is 3.17. The molecule has 1 amide bonds. The number of carbonyl (C=O) groups is 1. The largest absolute Gasteiger partial charge is 0.370 e. The van der Waals surface area contributed by atoms with Gasteiger partial charge in [0.2, 0.25) is 5.91 Å². The van der Waals surface area contributed by atoms with Crippen molar-refractivity contribution in [3.05, 3.63) is 0 Å². The van der Waals surface area contributed by atoms with Gasteiger partial charge in [0.1, 0.15) is 6.54 Å². The third-order valence-corrected chi connectivity index (χ3v) is 3.17. The SMILES string of the molecule is CCCCCCCCNC(N)=NCC(=O)NC1CC1. The fraction of sp³-hybridized carbons (Fsp3) is 0.857. The molecule has 19 heavy (non-hydrogen) atoms. The van der Waals surface area contributed by atoms with Gasteiger partial charge in [0.05, 0.1) is 0 Å². The molecule has 4 N–H and O–H groups in total. The molecule has 1 aliphatic rings. The quantitative estimate of drug-likeness (QED) is 0.319. The second-order valence-electron chi connectivity index (χ2n) is 5.24. The Morgan fingerprint density at radius 3 is 2.58 bits per heavy atom. The van der Waals surface area contributed by atoms with Crippen LogP contribution in [-0.4, -0.2) is 31.0 Å². The first-order chi connectivity index (χ1) is 9.22. The van der Waals surface area contributed by atoms with Crippen molar-refractivity contribution in [2.24, 2.45) is 10.7 Å². The van der Waals surface area contributed by atoms with Gasteiger partial charge in [-0.25, -0.2) is 4.99 Å². The van der Waals surface area contributed by atoms with Crippen LogP contribution in [0.3, 0.4) is 0 Å². The summed E-state index contributed by atoms with van der Waals surface area (Å²) in [6.07, 6.45) is 9.74. The summed E-state index contributed by atoms with van der Waals surface area (Å²) in [5.74, 6) is 0.339. The molecule has 0 bridgehead atoms. The van der Waals surface area contributed by atoms with Gasteiger partial charge in [-0.1, -0.05) is 39.0 Å². The maximum atomic E-state index is 11.4. The highest BCUT2D eigenvalue weighted by atomic mass is 16.1. The maximum absolute atomic E-state index is 11.4. The molecule has 0 aliphatic heterocycles. The maximum Gasteiger partial charge on any atom is 0.242 e. The first-order valence-electron chi connectivity index (χ1n) is 7.55. The molecule has 0 saturated heterocycles. The number of hydrogen-bond donors (Lipinski definition) is 3. The molecule has 1 rings (SSSR count). The van der Waals surface area contributed by atoms with Crippen LogP contribution < -0.4 is 16.4 Å². The van der Waals surface area contributed by atoms with Crippen LogP contribution in [0.4, 0.5) is 0 Å². The lowest BCUT2D eigenvalue weighted by Crippen LogP contribution is -2.34. The second kappa shape index (κ2) is 9.64. The Labute approximate surface area is 116 Å². The van der Waals surface area contributed by atoms with E-state index in [1.54, 1.807) is 0 Å². The number of nitrogens with two attached hydrogens (primary N) is 1. The Balaban J connectivity index is 1.93. The van der Waals surface area contributed by atoms with E-state index in [9.17, 15) is 4.79 Å². The van der Waals surface area contributed by atoms with Gasteiger partial charge < -0.3 is 16.4 Å². The van der Waals surface area contributed by atoms with E-state index in [4.69, 9.17) is 5.73 Å². The highest BCUT2D eigenvalue weighted by Crippen LogP contribution is 2.18. The molecule has 1 saturated carbocycles. The number of hydrogen-bond acceptors (Lipinski definition) is 2. The molecule has 0 aromatic carbocycles. The first kappa shape index (κ1) is 15.8. The number of amides is 1. The highest BCUT2D eigenvalue weighted by Gasteiger charge is 2.22. The summed E-state index contributed by atoms with van der Waals surface area (Å²) >= 11 is 0. The number of guanidine groups is 1. The van der Waals surface area contributed by atoms with Crippen molar-refractivity contribution in [1.82, 2.24) is 10.6 Å². The van der Waals surface area contributed by atoms with Crippen LogP contribution in [0.1, 0.15) is 58.3 Å². The molecule has 5 heteroatoms. The van der Waals surface area contributed by atoms with Crippen molar-refractivity contribution >= 4 is 11.9 Å². The summed E-state index contributed by atoms with van der Waals surface area (Å²) in [5, 5.41) is 5.92. The first-order valence-corrected chi connectivity index (χ1v) is 7.55. The Hall–Kier alpha value is -1.26. The van der Waals surface area contributed by atoms with Gasteiger partial charge in [-0.3, -0.25) is 4.79 Å². The molecule has 0 unspecified atom stereocenters. The number of nitrogens with one attached hydrogen (secondary N) is 2. The van der Waals surface area contributed by atoms with E-state index in [1.165, 1.54) is 32.1 Å². The molecule has 1 fully saturated rings. The van der Waals surface area contributed by atoms with Crippen molar-refractivity contribution < 1.29 is 4.79 Å². The summed E-state index contributed by atoms with van der Waals surface area (Å²) < 4.78 is 0. The van der Waals surface area contributed by atoms with Gasteiger partial charge in [0.15, 0.2) is 5.96 Å². The predicted octanol–water partition coefficient (Wildman–Crippen LogP) is 1.53. The minimum Gasteiger partial charge on any atom is -0.370 e. The van der Waals surface area contributed by atoms with E-state index >= 15 is 0 Å². The number of nitrogens with zero attached hydrogens (tertiary/aromatic N) is 1. The van der Waals surface area contributed by atoms with E-state index < -0.39 is 0 Å². The fourth-order valence-electron chi connectivity index (χ4n) is 1.84. The van der Waals surface area contributed by atoms with Gasteiger partial charge in [-0.15, -0.1) is 0 Å². The molecule has 110 valence electrons. The van der Waals surface area contributed by atoms with Crippen LogP contribution in [0.5, 0.6) is 0 Å². The molecule has 1 aliphatic carbocycles. The van der Waals surface area contributed by atoms with E-state index in [1.807, 2.05) is 0 Å². The highest BCUT2D eigenvalue weighted by molar-refractivity contribution is 5.84. The predicted molar refractivity (Wildman–Crippen MR) is 79.0 cm³/mol. The monoisotopic (exact) mass is 268 g/mol. The normalized spacial score (nSPS) is 15.3.